The van der Waals surface area contributed by atoms with Crippen molar-refractivity contribution in [2.75, 3.05) is 0 Å². The molecule has 0 spiro atoms. The van der Waals surface area contributed by atoms with Crippen LogP contribution in [-0.4, -0.2) is 4.57 Å². The van der Waals surface area contributed by atoms with Crippen molar-refractivity contribution in [3.05, 3.63) is 54.8 Å². The molecule has 0 N–H and O–H groups in total. The maximum atomic E-state index is 7.86. The van der Waals surface area contributed by atoms with Gasteiger partial charge in [0.05, 0.1) is 1.37 Å². The number of hydrogen-bond acceptors (Lipinski definition) is 0. The second-order valence-electron chi connectivity index (χ2n) is 3.19. The first kappa shape index (κ1) is 7.63. The van der Waals surface area contributed by atoms with Gasteiger partial charge in [0, 0.05) is 23.6 Å². The molecule has 1 aromatic heterocycles. The zero-order valence-corrected chi connectivity index (χ0v) is 8.20. The molecule has 0 amide bonds. The molecular formula is C13H13N. The molecule has 0 saturated carbocycles. The molecule has 0 unspecified atom stereocenters. The summed E-state index contributed by atoms with van der Waals surface area (Å²) >= 11 is 0. The lowest BCUT2D eigenvalue weighted by Gasteiger charge is -1.97. The minimum absolute atomic E-state index is 0.490. The van der Waals surface area contributed by atoms with Gasteiger partial charge in [0.15, 0.2) is 0 Å². The highest BCUT2D eigenvalue weighted by atomic mass is 14.9. The number of aromatic nitrogens is 1. The molecule has 14 heavy (non-hydrogen) atoms. The Kier molecular flexibility index (Phi) is 1.93. The third-order valence-corrected chi connectivity index (χ3v) is 2.30. The molecular weight excluding hydrogens is 170 g/mol. The van der Waals surface area contributed by atoms with Gasteiger partial charge in [-0.15, -0.1) is 0 Å². The van der Waals surface area contributed by atoms with Crippen molar-refractivity contribution in [2.24, 2.45) is 7.05 Å². The van der Waals surface area contributed by atoms with E-state index in [0.29, 0.717) is 6.05 Å². The summed E-state index contributed by atoms with van der Waals surface area (Å²) in [6, 6.07) is 10.6. The van der Waals surface area contributed by atoms with Gasteiger partial charge in [0.25, 0.3) is 0 Å². The van der Waals surface area contributed by atoms with Gasteiger partial charge in [-0.1, -0.05) is 36.9 Å². The molecule has 1 aromatic carbocycles. The second kappa shape index (κ2) is 3.54. The largest absolute Gasteiger partial charge is 0.344 e. The second-order valence-corrected chi connectivity index (χ2v) is 3.19. The Morgan fingerprint density at radius 2 is 2.21 bits per heavy atom. The normalized spacial score (nSPS) is 12.9. The van der Waals surface area contributed by atoms with E-state index >= 15 is 0 Å². The average Bonchev–Trinajstić information content (AvgIpc) is 2.57. The zero-order chi connectivity index (χ0) is 10.8. The first-order valence-electron chi connectivity index (χ1n) is 5.08. The molecule has 0 atom stereocenters. The van der Waals surface area contributed by atoms with E-state index in [1.807, 2.05) is 29.8 Å². The number of nitrogens with zero attached hydrogens (tertiary/aromatic N) is 1. The molecule has 1 heterocycles. The van der Waals surface area contributed by atoms with Crippen LogP contribution in [0.3, 0.4) is 0 Å². The number of para-hydroxylation sites is 1. The minimum Gasteiger partial charge on any atom is -0.344 e. The Balaban J connectivity index is 2.68. The fourth-order valence-electron chi connectivity index (χ4n) is 1.57. The highest BCUT2D eigenvalue weighted by Gasteiger charge is 2.00. The topological polar surface area (TPSA) is 4.93 Å². The number of fused-ring (bicyclic) bond motifs is 1. The molecule has 0 aliphatic heterocycles. The van der Waals surface area contributed by atoms with Crippen LogP contribution in [0.4, 0.5) is 0 Å². The highest BCUT2D eigenvalue weighted by molar-refractivity contribution is 5.83. The van der Waals surface area contributed by atoms with Crippen LogP contribution in [0.25, 0.3) is 17.0 Å². The third-order valence-electron chi connectivity index (χ3n) is 2.30. The number of allylic oxidation sites excluding steroid dienone is 2. The van der Waals surface area contributed by atoms with Crippen LogP contribution in [0.5, 0.6) is 0 Å². The molecule has 1 nitrogen and oxygen atoms in total. The molecule has 0 radical (unpaired) electrons. The van der Waals surface area contributed by atoms with Gasteiger partial charge >= 0.3 is 0 Å². The molecule has 70 valence electrons. The third kappa shape index (κ3) is 1.37. The molecule has 0 fully saturated rings. The maximum Gasteiger partial charge on any atom is 0.0645 e. The monoisotopic (exact) mass is 184 g/mol. The standard InChI is InChI=1S/C13H13N/c1-3-4-8-12-10-11-7-5-6-9-13(11)14(12)2/h3-10H,1H2,2H3/b8-4+/i8D. The van der Waals surface area contributed by atoms with E-state index in [4.69, 9.17) is 1.37 Å². The van der Waals surface area contributed by atoms with Gasteiger partial charge in [-0.25, -0.2) is 0 Å². The molecule has 0 saturated heterocycles. The van der Waals surface area contributed by atoms with E-state index in [1.54, 1.807) is 12.2 Å². The number of aryl methyl sites for hydroxylation is 1. The molecule has 0 bridgehead atoms. The summed E-state index contributed by atoms with van der Waals surface area (Å²) in [6.45, 7) is 3.60. The Morgan fingerprint density at radius 1 is 1.43 bits per heavy atom. The lowest BCUT2D eigenvalue weighted by Crippen LogP contribution is -1.88. The van der Waals surface area contributed by atoms with Crippen molar-refractivity contribution in [3.63, 3.8) is 0 Å². The molecule has 1 heteroatoms. The van der Waals surface area contributed by atoms with E-state index in [9.17, 15) is 0 Å². The van der Waals surface area contributed by atoms with Crippen molar-refractivity contribution in [3.8, 4) is 0 Å². The SMILES string of the molecule is [2H]/C(=C\C=C)c1cc2ccccc2n1C. The minimum atomic E-state index is 0.490. The van der Waals surface area contributed by atoms with Gasteiger partial charge in [0.2, 0.25) is 0 Å². The van der Waals surface area contributed by atoms with Crippen LogP contribution < -0.4 is 0 Å². The van der Waals surface area contributed by atoms with Crippen molar-refractivity contribution < 1.29 is 1.37 Å². The van der Waals surface area contributed by atoms with E-state index in [-0.39, 0.29) is 0 Å². The average molecular weight is 184 g/mol. The number of benzene rings is 1. The van der Waals surface area contributed by atoms with Crippen LogP contribution in [0.2, 0.25) is 0 Å². The summed E-state index contributed by atoms with van der Waals surface area (Å²) in [5.41, 5.74) is 2.06. The predicted octanol–water partition coefficient (Wildman–Crippen LogP) is 3.38. The van der Waals surface area contributed by atoms with Crippen molar-refractivity contribution >= 4 is 17.0 Å². The van der Waals surface area contributed by atoms with Crippen molar-refractivity contribution in [1.82, 2.24) is 4.57 Å². The Hall–Kier alpha value is -1.76. The number of hydrogen-bond donors (Lipinski definition) is 0. The molecule has 2 aromatic rings. The highest BCUT2D eigenvalue weighted by Crippen LogP contribution is 2.18. The lowest BCUT2D eigenvalue weighted by molar-refractivity contribution is 0.955. The fraction of sp³-hybridized carbons (Fsp3) is 0.0769. The first-order valence-corrected chi connectivity index (χ1v) is 4.58. The quantitative estimate of drug-likeness (QED) is 0.630. The fourth-order valence-corrected chi connectivity index (χ4v) is 1.57. The van der Waals surface area contributed by atoms with Crippen LogP contribution in [-0.2, 0) is 7.05 Å². The van der Waals surface area contributed by atoms with E-state index in [0.717, 1.165) is 16.6 Å². The molecule has 0 aliphatic carbocycles. The van der Waals surface area contributed by atoms with Gasteiger partial charge in [-0.3, -0.25) is 0 Å². The molecule has 2 rings (SSSR count). The van der Waals surface area contributed by atoms with Crippen LogP contribution in [0.1, 0.15) is 7.06 Å². The Bertz CT molecular complexity index is 534. The zero-order valence-electron chi connectivity index (χ0n) is 9.20. The van der Waals surface area contributed by atoms with E-state index in [2.05, 4.69) is 18.7 Å². The van der Waals surface area contributed by atoms with Crippen molar-refractivity contribution in [2.45, 2.75) is 0 Å². The predicted molar refractivity (Wildman–Crippen MR) is 62.2 cm³/mol. The first-order chi connectivity index (χ1) is 7.24. The Labute approximate surface area is 85.4 Å². The summed E-state index contributed by atoms with van der Waals surface area (Å²) in [7, 11) is 1.98. The summed E-state index contributed by atoms with van der Waals surface area (Å²) in [5, 5.41) is 1.16. The van der Waals surface area contributed by atoms with Crippen LogP contribution in [0.15, 0.2) is 49.1 Å². The number of rotatable bonds is 2. The summed E-state index contributed by atoms with van der Waals surface area (Å²) in [4.78, 5) is 0. The van der Waals surface area contributed by atoms with Crippen LogP contribution in [0, 0.1) is 0 Å². The smallest absolute Gasteiger partial charge is 0.0645 e. The Morgan fingerprint density at radius 3 is 2.93 bits per heavy atom. The maximum absolute atomic E-state index is 7.86. The lowest BCUT2D eigenvalue weighted by atomic mass is 10.2. The van der Waals surface area contributed by atoms with Crippen molar-refractivity contribution in [1.29, 1.82) is 0 Å². The summed E-state index contributed by atoms with van der Waals surface area (Å²) < 4.78 is 9.88. The summed E-state index contributed by atoms with van der Waals surface area (Å²) in [6.07, 6.45) is 3.34. The van der Waals surface area contributed by atoms with Gasteiger partial charge in [0.1, 0.15) is 0 Å². The van der Waals surface area contributed by atoms with Gasteiger partial charge in [-0.2, -0.15) is 0 Å². The van der Waals surface area contributed by atoms with Gasteiger partial charge in [-0.05, 0) is 18.2 Å². The van der Waals surface area contributed by atoms with E-state index in [1.165, 1.54) is 0 Å². The molecule has 0 aliphatic rings. The van der Waals surface area contributed by atoms with Gasteiger partial charge < -0.3 is 4.57 Å². The summed E-state index contributed by atoms with van der Waals surface area (Å²) in [5.74, 6) is 0. The van der Waals surface area contributed by atoms with Crippen LogP contribution >= 0.6 is 0 Å². The van der Waals surface area contributed by atoms with E-state index < -0.39 is 0 Å².